The summed E-state index contributed by atoms with van der Waals surface area (Å²) in [6.07, 6.45) is 0. The van der Waals surface area contributed by atoms with Crippen LogP contribution >= 0.6 is 11.3 Å². The molecule has 1 amide bonds. The van der Waals surface area contributed by atoms with E-state index in [0.29, 0.717) is 10.6 Å². The largest absolute Gasteiger partial charge is 0.484 e. The third-order valence-electron chi connectivity index (χ3n) is 4.26. The Morgan fingerprint density at radius 2 is 1.79 bits per heavy atom. The van der Waals surface area contributed by atoms with Crippen molar-refractivity contribution in [2.75, 3.05) is 6.61 Å². The van der Waals surface area contributed by atoms with E-state index in [-0.39, 0.29) is 24.3 Å². The van der Waals surface area contributed by atoms with Gasteiger partial charge in [0.1, 0.15) is 10.8 Å². The fourth-order valence-electron chi connectivity index (χ4n) is 2.80. The van der Waals surface area contributed by atoms with Crippen LogP contribution < -0.4 is 10.1 Å². The summed E-state index contributed by atoms with van der Waals surface area (Å²) < 4.78 is 5.58. The number of hydrogen-bond donors (Lipinski definition) is 1. The number of thiazole rings is 1. The number of Topliss-reactive ketones (excluding diaryl/α,β-unsaturated/α-hetero) is 1. The van der Waals surface area contributed by atoms with Gasteiger partial charge in [-0.2, -0.15) is 0 Å². The van der Waals surface area contributed by atoms with Crippen LogP contribution in [0.3, 0.4) is 0 Å². The molecule has 0 saturated carbocycles. The highest BCUT2D eigenvalue weighted by Gasteiger charge is 2.13. The average molecular weight is 394 g/mol. The van der Waals surface area contributed by atoms with Gasteiger partial charge in [0.2, 0.25) is 0 Å². The summed E-state index contributed by atoms with van der Waals surface area (Å²) in [5, 5.41) is 3.71. The van der Waals surface area contributed by atoms with E-state index in [1.54, 1.807) is 19.1 Å². The fraction of sp³-hybridized carbons (Fsp3) is 0.227. The molecule has 5 nitrogen and oxygen atoms in total. The molecular formula is C22H22N2O3S. The Morgan fingerprint density at radius 1 is 1.11 bits per heavy atom. The number of aromatic nitrogens is 1. The van der Waals surface area contributed by atoms with E-state index in [0.717, 1.165) is 21.8 Å². The molecule has 3 rings (SSSR count). The van der Waals surface area contributed by atoms with E-state index in [9.17, 15) is 9.59 Å². The number of ketones is 1. The molecule has 1 heterocycles. The zero-order valence-corrected chi connectivity index (χ0v) is 16.9. The minimum absolute atomic E-state index is 0.0250. The summed E-state index contributed by atoms with van der Waals surface area (Å²) in [6, 6.07) is 17.1. The summed E-state index contributed by atoms with van der Waals surface area (Å²) >= 11 is 1.38. The van der Waals surface area contributed by atoms with Crippen molar-refractivity contribution in [3.8, 4) is 16.3 Å². The maximum atomic E-state index is 12.1. The van der Waals surface area contributed by atoms with E-state index >= 15 is 0 Å². The number of carbonyl (C=O) groups excluding carboxylic acids is 2. The molecule has 0 radical (unpaired) electrons. The standard InChI is InChI=1S/C22H22N2O3S/c1-14(17-7-5-4-6-8-17)23-20(26)13-27-19-11-9-18(10-12-19)22-24-15(2)21(28-22)16(3)25/h4-12,14H,13H2,1-3H3,(H,23,26)/t14-/m0/s1. The molecule has 2 aromatic carbocycles. The molecule has 0 aliphatic heterocycles. The smallest absolute Gasteiger partial charge is 0.258 e. The first kappa shape index (κ1) is 19.8. The minimum Gasteiger partial charge on any atom is -0.484 e. The monoisotopic (exact) mass is 394 g/mol. The second-order valence-corrected chi connectivity index (χ2v) is 7.50. The quantitative estimate of drug-likeness (QED) is 0.596. The van der Waals surface area contributed by atoms with Crippen molar-refractivity contribution in [2.24, 2.45) is 0 Å². The number of ether oxygens (including phenoxy) is 1. The molecule has 0 aliphatic rings. The van der Waals surface area contributed by atoms with Gasteiger partial charge >= 0.3 is 0 Å². The van der Waals surface area contributed by atoms with Crippen LogP contribution in [0.5, 0.6) is 5.75 Å². The number of nitrogens with zero attached hydrogens (tertiary/aromatic N) is 1. The Balaban J connectivity index is 1.56. The van der Waals surface area contributed by atoms with Crippen LogP contribution in [0, 0.1) is 6.92 Å². The molecule has 1 aromatic heterocycles. The van der Waals surface area contributed by atoms with Crippen molar-refractivity contribution < 1.29 is 14.3 Å². The predicted octanol–water partition coefficient (Wildman–Crippen LogP) is 4.58. The number of nitrogens with one attached hydrogen (secondary N) is 1. The highest BCUT2D eigenvalue weighted by molar-refractivity contribution is 7.17. The number of aryl methyl sites for hydroxylation is 1. The molecule has 1 N–H and O–H groups in total. The molecule has 1 atom stereocenters. The van der Waals surface area contributed by atoms with Crippen LogP contribution in [0.1, 0.15) is 40.8 Å². The van der Waals surface area contributed by atoms with Crippen molar-refractivity contribution in [1.82, 2.24) is 10.3 Å². The van der Waals surface area contributed by atoms with E-state index in [4.69, 9.17) is 4.74 Å². The zero-order valence-electron chi connectivity index (χ0n) is 16.1. The molecule has 144 valence electrons. The first-order valence-electron chi connectivity index (χ1n) is 9.00. The van der Waals surface area contributed by atoms with Crippen LogP contribution in [0.2, 0.25) is 0 Å². The Hall–Kier alpha value is -2.99. The third kappa shape index (κ3) is 4.84. The van der Waals surface area contributed by atoms with Gasteiger partial charge in [-0.25, -0.2) is 4.98 Å². The van der Waals surface area contributed by atoms with Crippen molar-refractivity contribution in [1.29, 1.82) is 0 Å². The normalized spacial score (nSPS) is 11.7. The number of rotatable bonds is 7. The molecule has 0 unspecified atom stereocenters. The second kappa shape index (κ2) is 8.80. The van der Waals surface area contributed by atoms with E-state index < -0.39 is 0 Å². The maximum absolute atomic E-state index is 12.1. The van der Waals surface area contributed by atoms with Gasteiger partial charge in [0.05, 0.1) is 16.6 Å². The third-order valence-corrected chi connectivity index (χ3v) is 5.57. The van der Waals surface area contributed by atoms with Gasteiger partial charge in [-0.3, -0.25) is 9.59 Å². The Morgan fingerprint density at radius 3 is 2.39 bits per heavy atom. The molecule has 0 spiro atoms. The summed E-state index contributed by atoms with van der Waals surface area (Å²) in [4.78, 5) is 28.9. The molecule has 0 saturated heterocycles. The van der Waals surface area contributed by atoms with Crippen LogP contribution in [0.4, 0.5) is 0 Å². The molecule has 28 heavy (non-hydrogen) atoms. The minimum atomic E-state index is -0.179. The van der Waals surface area contributed by atoms with Gasteiger partial charge in [0.25, 0.3) is 5.91 Å². The lowest BCUT2D eigenvalue weighted by atomic mass is 10.1. The molecule has 6 heteroatoms. The van der Waals surface area contributed by atoms with Crippen molar-refractivity contribution in [2.45, 2.75) is 26.8 Å². The lowest BCUT2D eigenvalue weighted by molar-refractivity contribution is -0.123. The lowest BCUT2D eigenvalue weighted by Crippen LogP contribution is -2.31. The first-order valence-corrected chi connectivity index (χ1v) is 9.81. The fourth-order valence-corrected chi connectivity index (χ4v) is 3.76. The molecule has 0 aliphatic carbocycles. The number of carbonyl (C=O) groups is 2. The lowest BCUT2D eigenvalue weighted by Gasteiger charge is -2.14. The molecule has 0 bridgehead atoms. The van der Waals surface area contributed by atoms with Crippen molar-refractivity contribution >= 4 is 23.0 Å². The van der Waals surface area contributed by atoms with Crippen LogP contribution in [-0.4, -0.2) is 23.3 Å². The number of amides is 1. The second-order valence-electron chi connectivity index (χ2n) is 6.50. The number of hydrogen-bond acceptors (Lipinski definition) is 5. The SMILES string of the molecule is CC(=O)c1sc(-c2ccc(OCC(=O)N[C@@H](C)c3ccccc3)cc2)nc1C. The van der Waals surface area contributed by atoms with Gasteiger partial charge in [-0.15, -0.1) is 11.3 Å². The number of benzene rings is 2. The molecule has 0 fully saturated rings. The highest BCUT2D eigenvalue weighted by atomic mass is 32.1. The summed E-state index contributed by atoms with van der Waals surface area (Å²) in [6.45, 7) is 5.27. The van der Waals surface area contributed by atoms with Crippen molar-refractivity contribution in [3.63, 3.8) is 0 Å². The topological polar surface area (TPSA) is 68.3 Å². The van der Waals surface area contributed by atoms with Gasteiger partial charge < -0.3 is 10.1 Å². The van der Waals surface area contributed by atoms with Gasteiger partial charge in [-0.05, 0) is 43.7 Å². The Bertz CT molecular complexity index is 965. The summed E-state index contributed by atoms with van der Waals surface area (Å²) in [5.41, 5.74) is 2.70. The highest BCUT2D eigenvalue weighted by Crippen LogP contribution is 2.29. The van der Waals surface area contributed by atoms with Crippen LogP contribution in [0.25, 0.3) is 10.6 Å². The van der Waals surface area contributed by atoms with Crippen LogP contribution in [-0.2, 0) is 4.79 Å². The Labute approximate surface area is 168 Å². The molecule has 3 aromatic rings. The van der Waals surface area contributed by atoms with Crippen LogP contribution in [0.15, 0.2) is 54.6 Å². The zero-order chi connectivity index (χ0) is 20.1. The van der Waals surface area contributed by atoms with E-state index in [1.807, 2.05) is 56.3 Å². The first-order chi connectivity index (χ1) is 13.4. The Kier molecular flexibility index (Phi) is 6.21. The van der Waals surface area contributed by atoms with Crippen molar-refractivity contribution in [3.05, 3.63) is 70.7 Å². The molecular weight excluding hydrogens is 372 g/mol. The van der Waals surface area contributed by atoms with Gasteiger partial charge in [-0.1, -0.05) is 30.3 Å². The van der Waals surface area contributed by atoms with E-state index in [2.05, 4.69) is 10.3 Å². The summed E-state index contributed by atoms with van der Waals surface area (Å²) in [7, 11) is 0. The van der Waals surface area contributed by atoms with Gasteiger partial charge in [0.15, 0.2) is 12.4 Å². The van der Waals surface area contributed by atoms with E-state index in [1.165, 1.54) is 11.3 Å². The predicted molar refractivity (Wildman–Crippen MR) is 111 cm³/mol. The maximum Gasteiger partial charge on any atom is 0.258 e. The average Bonchev–Trinajstić information content (AvgIpc) is 3.09. The summed E-state index contributed by atoms with van der Waals surface area (Å²) in [5.74, 6) is 0.449. The van der Waals surface area contributed by atoms with Gasteiger partial charge in [0, 0.05) is 12.5 Å².